The van der Waals surface area contributed by atoms with Crippen molar-refractivity contribution in [2.75, 3.05) is 19.6 Å². The zero-order chi connectivity index (χ0) is 20.9. The molecule has 30 heavy (non-hydrogen) atoms. The van der Waals surface area contributed by atoms with Crippen molar-refractivity contribution in [3.05, 3.63) is 71.9 Å². The standard InChI is InChI=1S/C23H24N4O3/c28-21-12-17(15-27(21)14-16-6-2-1-3-7-16)22(29)24-10-11-25-23(30)19-13-26-20-9-5-4-8-18(19)20/h1-9,13,17,26H,10-12,14-15H2,(H,24,29)(H,25,30)/t17-/m1/s1. The zero-order valence-corrected chi connectivity index (χ0v) is 16.6. The number of nitrogens with one attached hydrogen (secondary N) is 3. The van der Waals surface area contributed by atoms with Gasteiger partial charge in [0.25, 0.3) is 5.91 Å². The number of aromatic amines is 1. The molecule has 3 aromatic rings. The summed E-state index contributed by atoms with van der Waals surface area (Å²) in [6.45, 7) is 1.57. The van der Waals surface area contributed by atoms with Gasteiger partial charge in [0.05, 0.1) is 11.5 Å². The minimum absolute atomic E-state index is 0.00774. The van der Waals surface area contributed by atoms with Crippen molar-refractivity contribution in [2.24, 2.45) is 5.92 Å². The van der Waals surface area contributed by atoms with Crippen LogP contribution in [0.15, 0.2) is 60.8 Å². The van der Waals surface area contributed by atoms with E-state index in [4.69, 9.17) is 0 Å². The molecule has 154 valence electrons. The Bertz CT molecular complexity index is 1060. The van der Waals surface area contributed by atoms with Crippen LogP contribution in [0.1, 0.15) is 22.3 Å². The fraction of sp³-hybridized carbons (Fsp3) is 0.261. The highest BCUT2D eigenvalue weighted by Crippen LogP contribution is 2.20. The smallest absolute Gasteiger partial charge is 0.253 e. The number of fused-ring (bicyclic) bond motifs is 1. The molecule has 3 N–H and O–H groups in total. The number of hydrogen-bond acceptors (Lipinski definition) is 3. The molecule has 0 spiro atoms. The molecule has 0 aliphatic carbocycles. The SMILES string of the molecule is O=C(NCCNC(=O)[C@@H]1CC(=O)N(Cc2ccccc2)C1)c1c[nH]c2ccccc12. The van der Waals surface area contributed by atoms with Crippen molar-refractivity contribution in [1.29, 1.82) is 0 Å². The highest BCUT2D eigenvalue weighted by molar-refractivity contribution is 6.06. The van der Waals surface area contributed by atoms with Gasteiger partial charge in [0.2, 0.25) is 11.8 Å². The molecule has 3 amide bonds. The van der Waals surface area contributed by atoms with Crippen molar-refractivity contribution in [3.63, 3.8) is 0 Å². The molecule has 1 saturated heterocycles. The molecule has 1 fully saturated rings. The van der Waals surface area contributed by atoms with Gasteiger partial charge in [-0.2, -0.15) is 0 Å². The number of aromatic nitrogens is 1. The molecule has 0 radical (unpaired) electrons. The maximum atomic E-state index is 12.4. The van der Waals surface area contributed by atoms with Crippen LogP contribution >= 0.6 is 0 Å². The van der Waals surface area contributed by atoms with E-state index in [0.29, 0.717) is 31.7 Å². The molecule has 7 heteroatoms. The van der Waals surface area contributed by atoms with Crippen LogP contribution in [0.25, 0.3) is 10.9 Å². The van der Waals surface area contributed by atoms with Crippen LogP contribution < -0.4 is 10.6 Å². The fourth-order valence-electron chi connectivity index (χ4n) is 3.77. The molecular formula is C23H24N4O3. The summed E-state index contributed by atoms with van der Waals surface area (Å²) in [6, 6.07) is 17.3. The van der Waals surface area contributed by atoms with Crippen LogP contribution in [0.3, 0.4) is 0 Å². The monoisotopic (exact) mass is 404 g/mol. The van der Waals surface area contributed by atoms with Gasteiger partial charge in [0.1, 0.15) is 0 Å². The summed E-state index contributed by atoms with van der Waals surface area (Å²) >= 11 is 0. The van der Waals surface area contributed by atoms with E-state index >= 15 is 0 Å². The Morgan fingerprint density at radius 3 is 2.57 bits per heavy atom. The van der Waals surface area contributed by atoms with E-state index < -0.39 is 0 Å². The number of rotatable bonds is 7. The Morgan fingerprint density at radius 1 is 1.00 bits per heavy atom. The molecular weight excluding hydrogens is 380 g/mol. The first-order valence-electron chi connectivity index (χ1n) is 10.1. The third-order valence-corrected chi connectivity index (χ3v) is 5.35. The second-order valence-corrected chi connectivity index (χ2v) is 7.46. The van der Waals surface area contributed by atoms with Crippen molar-refractivity contribution >= 4 is 28.6 Å². The van der Waals surface area contributed by atoms with Crippen molar-refractivity contribution in [2.45, 2.75) is 13.0 Å². The number of para-hydroxylation sites is 1. The van der Waals surface area contributed by atoms with Crippen LogP contribution in [0.2, 0.25) is 0 Å². The summed E-state index contributed by atoms with van der Waals surface area (Å²) in [5.74, 6) is -0.704. The Balaban J connectivity index is 1.22. The average Bonchev–Trinajstić information content (AvgIpc) is 3.35. The number of hydrogen-bond donors (Lipinski definition) is 3. The Hall–Kier alpha value is -3.61. The highest BCUT2D eigenvalue weighted by Gasteiger charge is 2.34. The molecule has 4 rings (SSSR count). The predicted octanol–water partition coefficient (Wildman–Crippen LogP) is 2.06. The first kappa shape index (κ1) is 19.7. The summed E-state index contributed by atoms with van der Waals surface area (Å²) in [7, 11) is 0. The van der Waals surface area contributed by atoms with Gasteiger partial charge < -0.3 is 20.5 Å². The van der Waals surface area contributed by atoms with Gasteiger partial charge in [-0.25, -0.2) is 0 Å². The maximum absolute atomic E-state index is 12.4. The first-order chi connectivity index (χ1) is 14.6. The van der Waals surface area contributed by atoms with Crippen molar-refractivity contribution < 1.29 is 14.4 Å². The van der Waals surface area contributed by atoms with E-state index in [1.54, 1.807) is 11.1 Å². The lowest BCUT2D eigenvalue weighted by molar-refractivity contribution is -0.129. The van der Waals surface area contributed by atoms with Gasteiger partial charge in [-0.05, 0) is 11.6 Å². The van der Waals surface area contributed by atoms with E-state index in [-0.39, 0.29) is 30.1 Å². The summed E-state index contributed by atoms with van der Waals surface area (Å²) in [6.07, 6.45) is 1.91. The third kappa shape index (κ3) is 4.35. The first-order valence-corrected chi connectivity index (χ1v) is 10.1. The number of nitrogens with zero attached hydrogens (tertiary/aromatic N) is 1. The van der Waals surface area contributed by atoms with E-state index in [0.717, 1.165) is 16.5 Å². The maximum Gasteiger partial charge on any atom is 0.253 e. The highest BCUT2D eigenvalue weighted by atomic mass is 16.2. The van der Waals surface area contributed by atoms with Gasteiger partial charge in [0.15, 0.2) is 0 Å². The van der Waals surface area contributed by atoms with Gasteiger partial charge in [-0.15, -0.1) is 0 Å². The summed E-state index contributed by atoms with van der Waals surface area (Å²) in [4.78, 5) is 41.8. The molecule has 1 atom stereocenters. The minimum Gasteiger partial charge on any atom is -0.360 e. The predicted molar refractivity (Wildman–Crippen MR) is 114 cm³/mol. The second kappa shape index (κ2) is 8.82. The van der Waals surface area contributed by atoms with Gasteiger partial charge in [0, 0.05) is 49.7 Å². The molecule has 1 aliphatic rings. The van der Waals surface area contributed by atoms with Crippen molar-refractivity contribution in [1.82, 2.24) is 20.5 Å². The Kier molecular flexibility index (Phi) is 5.79. The third-order valence-electron chi connectivity index (χ3n) is 5.35. The van der Waals surface area contributed by atoms with Crippen molar-refractivity contribution in [3.8, 4) is 0 Å². The zero-order valence-electron chi connectivity index (χ0n) is 16.6. The minimum atomic E-state index is -0.356. The summed E-state index contributed by atoms with van der Waals surface area (Å²) in [5.41, 5.74) is 2.53. The molecule has 2 heterocycles. The largest absolute Gasteiger partial charge is 0.360 e. The summed E-state index contributed by atoms with van der Waals surface area (Å²) in [5, 5.41) is 6.51. The van der Waals surface area contributed by atoms with E-state index in [1.807, 2.05) is 54.6 Å². The number of carbonyl (C=O) groups excluding carboxylic acids is 3. The van der Waals surface area contributed by atoms with Crippen LogP contribution in [0.5, 0.6) is 0 Å². The summed E-state index contributed by atoms with van der Waals surface area (Å²) < 4.78 is 0. The van der Waals surface area contributed by atoms with E-state index in [2.05, 4.69) is 15.6 Å². The fourth-order valence-corrected chi connectivity index (χ4v) is 3.77. The number of likely N-dealkylation sites (tertiary alicyclic amines) is 1. The molecule has 0 bridgehead atoms. The van der Waals surface area contributed by atoms with E-state index in [9.17, 15) is 14.4 Å². The molecule has 1 aliphatic heterocycles. The second-order valence-electron chi connectivity index (χ2n) is 7.46. The molecule has 0 unspecified atom stereocenters. The van der Waals surface area contributed by atoms with Crippen LogP contribution in [0.4, 0.5) is 0 Å². The quantitative estimate of drug-likeness (QED) is 0.526. The van der Waals surface area contributed by atoms with Crippen LogP contribution in [-0.4, -0.2) is 47.2 Å². The number of amides is 3. The average molecular weight is 404 g/mol. The van der Waals surface area contributed by atoms with Gasteiger partial charge in [-0.3, -0.25) is 14.4 Å². The number of carbonyl (C=O) groups is 3. The lowest BCUT2D eigenvalue weighted by atomic mass is 10.1. The number of H-pyrrole nitrogens is 1. The topological polar surface area (TPSA) is 94.3 Å². The molecule has 2 aromatic carbocycles. The van der Waals surface area contributed by atoms with Crippen LogP contribution in [0, 0.1) is 5.92 Å². The van der Waals surface area contributed by atoms with Gasteiger partial charge in [-0.1, -0.05) is 48.5 Å². The molecule has 1 aromatic heterocycles. The Labute approximate surface area is 174 Å². The molecule has 7 nitrogen and oxygen atoms in total. The Morgan fingerprint density at radius 2 is 1.73 bits per heavy atom. The normalized spacial score (nSPS) is 16.1. The molecule has 0 saturated carbocycles. The number of benzene rings is 2. The van der Waals surface area contributed by atoms with E-state index in [1.165, 1.54) is 0 Å². The van der Waals surface area contributed by atoms with Gasteiger partial charge >= 0.3 is 0 Å². The van der Waals surface area contributed by atoms with Crippen LogP contribution in [-0.2, 0) is 16.1 Å². The lowest BCUT2D eigenvalue weighted by Crippen LogP contribution is -2.38. The lowest BCUT2D eigenvalue weighted by Gasteiger charge is -2.16.